The topological polar surface area (TPSA) is 120 Å². The normalized spacial score (nSPS) is 11.7. The quantitative estimate of drug-likeness (QED) is 0.595. The molecule has 2 amide bonds. The summed E-state index contributed by atoms with van der Waals surface area (Å²) in [6, 6.07) is 5.68. The monoisotopic (exact) mass is 369 g/mol. The lowest BCUT2D eigenvalue weighted by atomic mass is 10.0. The molecule has 26 heavy (non-hydrogen) atoms. The zero-order valence-corrected chi connectivity index (χ0v) is 14.3. The standard InChI is InChI=1S/C17H15N5O3S/c18-16(24)15(23)13(9-11-4-8-26-10-11)21-17(25)14-3-7-20-22(14)12-1-5-19-6-2-12/h1-8,10,13H,9H2,(H2,18,24)(H,21,25). The Bertz CT molecular complexity index is 921. The molecule has 0 aliphatic heterocycles. The average Bonchev–Trinajstić information content (AvgIpc) is 3.32. The Kier molecular flexibility index (Phi) is 5.18. The lowest BCUT2D eigenvalue weighted by molar-refractivity contribution is -0.137. The highest BCUT2D eigenvalue weighted by molar-refractivity contribution is 7.07. The van der Waals surface area contributed by atoms with Gasteiger partial charge in [0.2, 0.25) is 5.78 Å². The number of carbonyl (C=O) groups is 3. The molecule has 8 nitrogen and oxygen atoms in total. The van der Waals surface area contributed by atoms with E-state index in [1.54, 1.807) is 24.5 Å². The van der Waals surface area contributed by atoms with Gasteiger partial charge in [-0.05, 0) is 40.6 Å². The summed E-state index contributed by atoms with van der Waals surface area (Å²) >= 11 is 1.46. The summed E-state index contributed by atoms with van der Waals surface area (Å²) < 4.78 is 1.42. The molecule has 0 aromatic carbocycles. The highest BCUT2D eigenvalue weighted by atomic mass is 32.1. The fourth-order valence-electron chi connectivity index (χ4n) is 2.42. The summed E-state index contributed by atoms with van der Waals surface area (Å²) in [5.41, 5.74) is 6.82. The number of carbonyl (C=O) groups excluding carboxylic acids is 3. The molecule has 9 heteroatoms. The van der Waals surface area contributed by atoms with Crippen LogP contribution in [-0.2, 0) is 16.0 Å². The number of rotatable bonds is 7. The van der Waals surface area contributed by atoms with Crippen LogP contribution in [0, 0.1) is 0 Å². The van der Waals surface area contributed by atoms with Crippen molar-refractivity contribution in [1.82, 2.24) is 20.1 Å². The van der Waals surface area contributed by atoms with Crippen LogP contribution in [0.1, 0.15) is 16.1 Å². The van der Waals surface area contributed by atoms with E-state index in [-0.39, 0.29) is 12.1 Å². The van der Waals surface area contributed by atoms with E-state index >= 15 is 0 Å². The van der Waals surface area contributed by atoms with Crippen molar-refractivity contribution in [3.8, 4) is 5.69 Å². The average molecular weight is 369 g/mol. The molecule has 1 unspecified atom stereocenters. The molecule has 0 saturated heterocycles. The minimum Gasteiger partial charge on any atom is -0.363 e. The SMILES string of the molecule is NC(=O)C(=O)C(Cc1ccsc1)NC(=O)c1ccnn1-c1ccncc1. The van der Waals surface area contributed by atoms with Gasteiger partial charge in [-0.15, -0.1) is 0 Å². The number of hydrogen-bond acceptors (Lipinski definition) is 6. The fraction of sp³-hybridized carbons (Fsp3) is 0.118. The number of aromatic nitrogens is 3. The Hall–Kier alpha value is -3.33. The van der Waals surface area contributed by atoms with E-state index in [0.717, 1.165) is 5.56 Å². The number of nitrogens with two attached hydrogens (primary N) is 1. The maximum atomic E-state index is 12.7. The van der Waals surface area contributed by atoms with Gasteiger partial charge < -0.3 is 11.1 Å². The Morgan fingerprint density at radius 3 is 2.58 bits per heavy atom. The Morgan fingerprint density at radius 2 is 1.92 bits per heavy atom. The van der Waals surface area contributed by atoms with E-state index in [4.69, 9.17) is 5.73 Å². The smallest absolute Gasteiger partial charge is 0.287 e. The molecular weight excluding hydrogens is 354 g/mol. The molecule has 132 valence electrons. The third-order valence-corrected chi connectivity index (χ3v) is 4.40. The molecule has 0 bridgehead atoms. The number of hydrogen-bond donors (Lipinski definition) is 2. The fourth-order valence-corrected chi connectivity index (χ4v) is 3.11. The lowest BCUT2D eigenvalue weighted by Crippen LogP contribution is -2.47. The summed E-state index contributed by atoms with van der Waals surface area (Å²) in [5, 5.41) is 10.4. The highest BCUT2D eigenvalue weighted by Gasteiger charge is 2.27. The summed E-state index contributed by atoms with van der Waals surface area (Å²) in [6.45, 7) is 0. The maximum Gasteiger partial charge on any atom is 0.287 e. The van der Waals surface area contributed by atoms with E-state index < -0.39 is 23.6 Å². The first kappa shape index (κ1) is 17.5. The van der Waals surface area contributed by atoms with E-state index in [2.05, 4.69) is 15.4 Å². The van der Waals surface area contributed by atoms with Gasteiger partial charge in [-0.3, -0.25) is 19.4 Å². The van der Waals surface area contributed by atoms with Gasteiger partial charge in [0.05, 0.1) is 11.9 Å². The summed E-state index contributed by atoms with van der Waals surface area (Å²) in [6.07, 6.45) is 4.81. The van der Waals surface area contributed by atoms with Gasteiger partial charge in [0.25, 0.3) is 11.8 Å². The van der Waals surface area contributed by atoms with Crippen molar-refractivity contribution in [2.45, 2.75) is 12.5 Å². The molecule has 0 fully saturated rings. The second-order valence-corrected chi connectivity index (χ2v) is 6.20. The van der Waals surface area contributed by atoms with Crippen molar-refractivity contribution in [2.75, 3.05) is 0 Å². The van der Waals surface area contributed by atoms with Gasteiger partial charge in [0.1, 0.15) is 11.7 Å². The van der Waals surface area contributed by atoms with E-state index in [9.17, 15) is 14.4 Å². The number of nitrogens with one attached hydrogen (secondary N) is 1. The Morgan fingerprint density at radius 1 is 1.15 bits per heavy atom. The van der Waals surface area contributed by atoms with Crippen molar-refractivity contribution in [1.29, 1.82) is 0 Å². The molecule has 0 saturated carbocycles. The van der Waals surface area contributed by atoms with Crippen molar-refractivity contribution in [2.24, 2.45) is 5.73 Å². The molecule has 1 atom stereocenters. The molecule has 3 aromatic heterocycles. The predicted molar refractivity (Wildman–Crippen MR) is 94.8 cm³/mol. The highest BCUT2D eigenvalue weighted by Crippen LogP contribution is 2.12. The molecule has 0 spiro atoms. The van der Waals surface area contributed by atoms with Gasteiger partial charge >= 0.3 is 0 Å². The molecule has 0 aliphatic carbocycles. The third kappa shape index (κ3) is 3.83. The first-order valence-electron chi connectivity index (χ1n) is 7.66. The molecule has 3 aromatic rings. The van der Waals surface area contributed by atoms with Crippen LogP contribution in [0.2, 0.25) is 0 Å². The second-order valence-electron chi connectivity index (χ2n) is 5.42. The number of nitrogens with zero attached hydrogens (tertiary/aromatic N) is 3. The van der Waals surface area contributed by atoms with Crippen LogP contribution >= 0.6 is 11.3 Å². The number of thiophene rings is 1. The first-order valence-corrected chi connectivity index (χ1v) is 8.60. The van der Waals surface area contributed by atoms with Crippen LogP contribution in [0.4, 0.5) is 0 Å². The summed E-state index contributed by atoms with van der Waals surface area (Å²) in [4.78, 5) is 40.0. The van der Waals surface area contributed by atoms with Gasteiger partial charge in [0.15, 0.2) is 0 Å². The van der Waals surface area contributed by atoms with Crippen LogP contribution in [0.5, 0.6) is 0 Å². The van der Waals surface area contributed by atoms with Crippen LogP contribution in [0.15, 0.2) is 53.6 Å². The molecular formula is C17H15N5O3S. The van der Waals surface area contributed by atoms with Crippen molar-refractivity contribution >= 4 is 28.9 Å². The minimum absolute atomic E-state index is 0.181. The van der Waals surface area contributed by atoms with E-state index in [1.807, 2.05) is 16.8 Å². The van der Waals surface area contributed by atoms with Crippen LogP contribution in [0.3, 0.4) is 0 Å². The molecule has 3 heterocycles. The summed E-state index contributed by atoms with van der Waals surface area (Å²) in [7, 11) is 0. The van der Waals surface area contributed by atoms with E-state index in [1.165, 1.54) is 28.3 Å². The molecule has 3 N–H and O–H groups in total. The van der Waals surface area contributed by atoms with E-state index in [0.29, 0.717) is 5.69 Å². The largest absolute Gasteiger partial charge is 0.363 e. The number of pyridine rings is 1. The number of ketones is 1. The molecule has 3 rings (SSSR count). The Labute approximate surface area is 152 Å². The Balaban J connectivity index is 1.83. The molecule has 0 aliphatic rings. The minimum atomic E-state index is -1.09. The number of primary amides is 1. The second kappa shape index (κ2) is 7.70. The number of amides is 2. The van der Waals surface area contributed by atoms with Gasteiger partial charge in [-0.2, -0.15) is 16.4 Å². The zero-order chi connectivity index (χ0) is 18.5. The van der Waals surface area contributed by atoms with Gasteiger partial charge in [-0.1, -0.05) is 0 Å². The van der Waals surface area contributed by atoms with Gasteiger partial charge in [0, 0.05) is 18.8 Å². The predicted octanol–water partition coefficient (Wildman–Crippen LogP) is 0.724. The van der Waals surface area contributed by atoms with Crippen LogP contribution in [-0.4, -0.2) is 38.4 Å². The lowest BCUT2D eigenvalue weighted by Gasteiger charge is -2.16. The van der Waals surface area contributed by atoms with Crippen molar-refractivity contribution < 1.29 is 14.4 Å². The zero-order valence-electron chi connectivity index (χ0n) is 13.5. The van der Waals surface area contributed by atoms with Crippen molar-refractivity contribution in [3.05, 3.63) is 64.9 Å². The third-order valence-electron chi connectivity index (χ3n) is 3.67. The van der Waals surface area contributed by atoms with Gasteiger partial charge in [-0.25, -0.2) is 4.68 Å². The van der Waals surface area contributed by atoms with Crippen molar-refractivity contribution in [3.63, 3.8) is 0 Å². The first-order chi connectivity index (χ1) is 12.6. The summed E-state index contributed by atoms with van der Waals surface area (Å²) in [5.74, 6) is -2.47. The van der Waals surface area contributed by atoms with Crippen LogP contribution in [0.25, 0.3) is 5.69 Å². The number of Topliss-reactive ketones (excluding diaryl/α,β-unsaturated/α-hetero) is 1. The molecule has 0 radical (unpaired) electrons. The maximum absolute atomic E-state index is 12.7. The van der Waals surface area contributed by atoms with Crippen LogP contribution < -0.4 is 11.1 Å².